The molecule has 98 valence electrons. The van der Waals surface area contributed by atoms with Crippen molar-refractivity contribution in [2.45, 2.75) is 19.4 Å². The van der Waals surface area contributed by atoms with Crippen LogP contribution in [0.4, 0.5) is 0 Å². The number of benzene rings is 1. The van der Waals surface area contributed by atoms with Crippen LogP contribution in [0.5, 0.6) is 0 Å². The maximum Gasteiger partial charge on any atom is 0.258 e. The van der Waals surface area contributed by atoms with Gasteiger partial charge in [0.05, 0.1) is 0 Å². The monoisotopic (exact) mass is 256 g/mol. The van der Waals surface area contributed by atoms with Crippen LogP contribution >= 0.6 is 0 Å². The van der Waals surface area contributed by atoms with Gasteiger partial charge in [0.15, 0.2) is 0 Å². The van der Waals surface area contributed by atoms with Crippen LogP contribution in [-0.2, 0) is 11.3 Å². The number of hydrogen-bond donors (Lipinski definition) is 0. The Bertz CT molecular complexity index is 669. The number of hydrogen-bond acceptors (Lipinski definition) is 2. The lowest BCUT2D eigenvalue weighted by molar-refractivity contribution is -0.130. The Morgan fingerprint density at radius 1 is 1.11 bits per heavy atom. The summed E-state index contributed by atoms with van der Waals surface area (Å²) in [7, 11) is 0. The van der Waals surface area contributed by atoms with Crippen molar-refractivity contribution in [2.75, 3.05) is 13.1 Å². The summed E-state index contributed by atoms with van der Waals surface area (Å²) >= 11 is 0. The normalized spacial score (nSPS) is 15.1. The second-order valence-corrected chi connectivity index (χ2v) is 4.92. The number of pyridine rings is 1. The summed E-state index contributed by atoms with van der Waals surface area (Å²) in [5.74, 6) is 0.0369. The Hall–Kier alpha value is -2.10. The minimum Gasteiger partial charge on any atom is -0.341 e. The summed E-state index contributed by atoms with van der Waals surface area (Å²) in [6.07, 6.45) is 3.84. The van der Waals surface area contributed by atoms with E-state index in [2.05, 4.69) is 0 Å². The number of aromatic nitrogens is 1. The average molecular weight is 256 g/mol. The van der Waals surface area contributed by atoms with E-state index in [0.29, 0.717) is 5.39 Å². The van der Waals surface area contributed by atoms with E-state index in [1.165, 1.54) is 4.57 Å². The zero-order chi connectivity index (χ0) is 13.2. The molecule has 1 fully saturated rings. The lowest BCUT2D eigenvalue weighted by Gasteiger charge is -2.16. The van der Waals surface area contributed by atoms with Gasteiger partial charge in [0, 0.05) is 24.7 Å². The minimum absolute atomic E-state index is 0.0369. The van der Waals surface area contributed by atoms with E-state index < -0.39 is 0 Å². The standard InChI is InChI=1S/C15H16N2O2/c18-14(16-8-3-4-9-16)11-17-10-7-12-5-1-2-6-13(12)15(17)19/h1-2,5-7,10H,3-4,8-9,11H2. The molecule has 1 aliphatic rings. The molecule has 1 saturated heterocycles. The van der Waals surface area contributed by atoms with E-state index in [1.54, 1.807) is 12.3 Å². The van der Waals surface area contributed by atoms with Crippen molar-refractivity contribution in [3.8, 4) is 0 Å². The minimum atomic E-state index is -0.0920. The van der Waals surface area contributed by atoms with Crippen LogP contribution in [0.15, 0.2) is 41.3 Å². The molecule has 0 N–H and O–H groups in total. The van der Waals surface area contributed by atoms with Gasteiger partial charge in [-0.25, -0.2) is 0 Å². The second-order valence-electron chi connectivity index (χ2n) is 4.92. The molecular weight excluding hydrogens is 240 g/mol. The van der Waals surface area contributed by atoms with E-state index >= 15 is 0 Å². The first-order chi connectivity index (χ1) is 9.25. The smallest absolute Gasteiger partial charge is 0.258 e. The molecule has 1 aromatic heterocycles. The Morgan fingerprint density at radius 3 is 2.63 bits per heavy atom. The number of likely N-dealkylation sites (tertiary alicyclic amines) is 1. The molecule has 1 amide bonds. The first-order valence-corrected chi connectivity index (χ1v) is 6.62. The lowest BCUT2D eigenvalue weighted by atomic mass is 10.2. The van der Waals surface area contributed by atoms with Gasteiger partial charge in [0.2, 0.25) is 5.91 Å². The van der Waals surface area contributed by atoms with Crippen molar-refractivity contribution in [3.05, 3.63) is 46.9 Å². The fourth-order valence-corrected chi connectivity index (χ4v) is 2.57. The van der Waals surface area contributed by atoms with Gasteiger partial charge < -0.3 is 9.47 Å². The third kappa shape index (κ3) is 2.26. The van der Waals surface area contributed by atoms with Gasteiger partial charge in [-0.1, -0.05) is 18.2 Å². The Labute approximate surface area is 111 Å². The topological polar surface area (TPSA) is 42.3 Å². The zero-order valence-electron chi connectivity index (χ0n) is 10.7. The predicted octanol–water partition coefficient (Wildman–Crippen LogP) is 1.62. The Morgan fingerprint density at radius 2 is 1.84 bits per heavy atom. The molecule has 0 atom stereocenters. The lowest BCUT2D eigenvalue weighted by Crippen LogP contribution is -2.34. The number of carbonyl (C=O) groups excluding carboxylic acids is 1. The van der Waals surface area contributed by atoms with Crippen LogP contribution in [0.3, 0.4) is 0 Å². The predicted molar refractivity (Wildman–Crippen MR) is 74.0 cm³/mol. The van der Waals surface area contributed by atoms with Crippen LogP contribution < -0.4 is 5.56 Å². The van der Waals surface area contributed by atoms with E-state index in [-0.39, 0.29) is 18.0 Å². The molecule has 0 bridgehead atoms. The van der Waals surface area contributed by atoms with E-state index in [1.807, 2.05) is 29.2 Å². The van der Waals surface area contributed by atoms with E-state index in [0.717, 1.165) is 31.3 Å². The fourth-order valence-electron chi connectivity index (χ4n) is 2.57. The van der Waals surface area contributed by atoms with Gasteiger partial charge in [-0.15, -0.1) is 0 Å². The molecule has 1 aromatic carbocycles. The highest BCUT2D eigenvalue weighted by Crippen LogP contribution is 2.10. The molecule has 0 aliphatic carbocycles. The third-order valence-corrected chi connectivity index (χ3v) is 3.65. The van der Waals surface area contributed by atoms with Crippen molar-refractivity contribution in [3.63, 3.8) is 0 Å². The molecule has 0 radical (unpaired) electrons. The quantitative estimate of drug-likeness (QED) is 0.819. The molecule has 3 rings (SSSR count). The fraction of sp³-hybridized carbons (Fsp3) is 0.333. The maximum absolute atomic E-state index is 12.3. The average Bonchev–Trinajstić information content (AvgIpc) is 2.96. The molecule has 0 saturated carbocycles. The number of amides is 1. The number of fused-ring (bicyclic) bond motifs is 1. The highest BCUT2D eigenvalue weighted by molar-refractivity contribution is 5.82. The SMILES string of the molecule is O=C(Cn1ccc2ccccc2c1=O)N1CCCC1. The Kier molecular flexibility index (Phi) is 3.07. The van der Waals surface area contributed by atoms with Crippen LogP contribution in [0.25, 0.3) is 10.8 Å². The maximum atomic E-state index is 12.3. The highest BCUT2D eigenvalue weighted by Gasteiger charge is 2.18. The summed E-state index contributed by atoms with van der Waals surface area (Å²) in [6.45, 7) is 1.78. The molecule has 1 aliphatic heterocycles. The van der Waals surface area contributed by atoms with Gasteiger partial charge in [-0.05, 0) is 30.4 Å². The molecule has 0 spiro atoms. The molecule has 4 heteroatoms. The van der Waals surface area contributed by atoms with Crippen molar-refractivity contribution >= 4 is 16.7 Å². The van der Waals surface area contributed by atoms with Crippen LogP contribution in [-0.4, -0.2) is 28.5 Å². The molecule has 2 heterocycles. The summed E-state index contributed by atoms with van der Waals surface area (Å²) in [6, 6.07) is 9.34. The summed E-state index contributed by atoms with van der Waals surface area (Å²) < 4.78 is 1.50. The van der Waals surface area contributed by atoms with Crippen molar-refractivity contribution < 1.29 is 4.79 Å². The van der Waals surface area contributed by atoms with Gasteiger partial charge >= 0.3 is 0 Å². The van der Waals surface area contributed by atoms with Crippen LogP contribution in [0, 0.1) is 0 Å². The highest BCUT2D eigenvalue weighted by atomic mass is 16.2. The summed E-state index contributed by atoms with van der Waals surface area (Å²) in [4.78, 5) is 26.2. The van der Waals surface area contributed by atoms with Crippen molar-refractivity contribution in [1.29, 1.82) is 0 Å². The largest absolute Gasteiger partial charge is 0.341 e. The molecule has 19 heavy (non-hydrogen) atoms. The first-order valence-electron chi connectivity index (χ1n) is 6.62. The van der Waals surface area contributed by atoms with Gasteiger partial charge in [-0.3, -0.25) is 9.59 Å². The molecule has 0 unspecified atom stereocenters. The number of carbonyl (C=O) groups is 1. The number of rotatable bonds is 2. The molecular formula is C15H16N2O2. The zero-order valence-corrected chi connectivity index (χ0v) is 10.7. The van der Waals surface area contributed by atoms with Gasteiger partial charge in [-0.2, -0.15) is 0 Å². The van der Waals surface area contributed by atoms with E-state index in [4.69, 9.17) is 0 Å². The third-order valence-electron chi connectivity index (χ3n) is 3.65. The van der Waals surface area contributed by atoms with Gasteiger partial charge in [0.25, 0.3) is 5.56 Å². The van der Waals surface area contributed by atoms with Gasteiger partial charge in [0.1, 0.15) is 6.54 Å². The Balaban J connectivity index is 1.91. The van der Waals surface area contributed by atoms with Crippen molar-refractivity contribution in [1.82, 2.24) is 9.47 Å². The molecule has 4 nitrogen and oxygen atoms in total. The first kappa shape index (κ1) is 12.0. The number of nitrogens with zero attached hydrogens (tertiary/aromatic N) is 2. The van der Waals surface area contributed by atoms with Crippen LogP contribution in [0.2, 0.25) is 0 Å². The van der Waals surface area contributed by atoms with E-state index in [9.17, 15) is 9.59 Å². The summed E-state index contributed by atoms with van der Waals surface area (Å²) in [5, 5.41) is 1.58. The van der Waals surface area contributed by atoms with Crippen molar-refractivity contribution in [2.24, 2.45) is 0 Å². The second kappa shape index (κ2) is 4.88. The molecule has 2 aromatic rings. The van der Waals surface area contributed by atoms with Crippen LogP contribution in [0.1, 0.15) is 12.8 Å². The summed E-state index contributed by atoms with van der Waals surface area (Å²) in [5.41, 5.74) is -0.0920.